The predicted octanol–water partition coefficient (Wildman–Crippen LogP) is 3.00. The van der Waals surface area contributed by atoms with Gasteiger partial charge in [-0.15, -0.1) is 0 Å². The molecule has 3 nitrogen and oxygen atoms in total. The zero-order valence-corrected chi connectivity index (χ0v) is 12.8. The van der Waals surface area contributed by atoms with Crippen LogP contribution in [0.4, 0.5) is 4.39 Å². The Morgan fingerprint density at radius 3 is 2.57 bits per heavy atom. The highest BCUT2D eigenvalue weighted by Crippen LogP contribution is 2.30. The van der Waals surface area contributed by atoms with Gasteiger partial charge in [-0.2, -0.15) is 0 Å². The molecule has 1 aromatic carbocycles. The van der Waals surface area contributed by atoms with Crippen LogP contribution in [0.1, 0.15) is 37.9 Å². The number of aliphatic hydroxyl groups excluding tert-OH is 1. The summed E-state index contributed by atoms with van der Waals surface area (Å²) in [6.45, 7) is 6.74. The highest BCUT2D eigenvalue weighted by molar-refractivity contribution is 5.19. The van der Waals surface area contributed by atoms with E-state index in [1.165, 1.54) is 12.1 Å². The van der Waals surface area contributed by atoms with Crippen molar-refractivity contribution in [1.82, 2.24) is 4.90 Å². The van der Waals surface area contributed by atoms with Crippen LogP contribution in [0.5, 0.6) is 0 Å². The van der Waals surface area contributed by atoms with Crippen LogP contribution in [0.25, 0.3) is 0 Å². The number of halogens is 1. The van der Waals surface area contributed by atoms with Gasteiger partial charge in [-0.05, 0) is 62.9 Å². The molecule has 0 amide bonds. The number of piperidine rings is 1. The summed E-state index contributed by atoms with van der Waals surface area (Å²) in [6, 6.07) is 6.21. The first-order valence-electron chi connectivity index (χ1n) is 7.94. The van der Waals surface area contributed by atoms with Crippen molar-refractivity contribution >= 4 is 0 Å². The molecule has 0 radical (unpaired) electrons. The van der Waals surface area contributed by atoms with Gasteiger partial charge in [-0.3, -0.25) is 0 Å². The fraction of sp³-hybridized carbons (Fsp3) is 0.647. The highest BCUT2D eigenvalue weighted by atomic mass is 19.1. The summed E-state index contributed by atoms with van der Waals surface area (Å²) >= 11 is 0. The van der Waals surface area contributed by atoms with Crippen LogP contribution in [0, 0.1) is 11.7 Å². The lowest BCUT2D eigenvalue weighted by atomic mass is 9.87. The average Bonchev–Trinajstić information content (AvgIpc) is 2.52. The van der Waals surface area contributed by atoms with E-state index in [1.54, 1.807) is 12.1 Å². The van der Waals surface area contributed by atoms with Crippen molar-refractivity contribution < 1.29 is 14.2 Å². The van der Waals surface area contributed by atoms with Crippen LogP contribution >= 0.6 is 0 Å². The van der Waals surface area contributed by atoms with Crippen molar-refractivity contribution in [3.05, 3.63) is 35.6 Å². The van der Waals surface area contributed by atoms with Gasteiger partial charge in [0.05, 0.1) is 6.10 Å². The van der Waals surface area contributed by atoms with Crippen molar-refractivity contribution in [2.75, 3.05) is 32.8 Å². The second-order valence-corrected chi connectivity index (χ2v) is 5.73. The first kappa shape index (κ1) is 16.4. The smallest absolute Gasteiger partial charge is 0.123 e. The second kappa shape index (κ2) is 8.47. The number of hydrogen-bond donors (Lipinski definition) is 1. The molecular weight excluding hydrogens is 269 g/mol. The highest BCUT2D eigenvalue weighted by Gasteiger charge is 2.25. The van der Waals surface area contributed by atoms with Gasteiger partial charge in [-0.1, -0.05) is 12.1 Å². The van der Waals surface area contributed by atoms with Crippen molar-refractivity contribution in [3.63, 3.8) is 0 Å². The minimum absolute atomic E-state index is 0.255. The Bertz CT molecular complexity index is 402. The maximum Gasteiger partial charge on any atom is 0.123 e. The molecule has 1 aliphatic rings. The maximum absolute atomic E-state index is 12.9. The molecule has 0 saturated carbocycles. The Kier molecular flexibility index (Phi) is 6.61. The second-order valence-electron chi connectivity index (χ2n) is 5.73. The van der Waals surface area contributed by atoms with E-state index in [4.69, 9.17) is 4.74 Å². The summed E-state index contributed by atoms with van der Waals surface area (Å²) in [7, 11) is 0. The lowest BCUT2D eigenvalue weighted by molar-refractivity contribution is 0.0546. The molecule has 1 atom stereocenters. The van der Waals surface area contributed by atoms with Gasteiger partial charge >= 0.3 is 0 Å². The third kappa shape index (κ3) is 5.06. The van der Waals surface area contributed by atoms with Crippen LogP contribution in [-0.4, -0.2) is 42.9 Å². The summed E-state index contributed by atoms with van der Waals surface area (Å²) < 4.78 is 18.3. The minimum atomic E-state index is -0.476. The van der Waals surface area contributed by atoms with Crippen LogP contribution in [0.2, 0.25) is 0 Å². The molecule has 1 saturated heterocycles. The van der Waals surface area contributed by atoms with Gasteiger partial charge in [0.2, 0.25) is 0 Å². The van der Waals surface area contributed by atoms with Crippen LogP contribution < -0.4 is 0 Å². The number of ether oxygens (including phenoxy) is 1. The average molecular weight is 295 g/mol. The Labute approximate surface area is 126 Å². The fourth-order valence-electron chi connectivity index (χ4n) is 2.96. The molecule has 1 aliphatic heterocycles. The van der Waals surface area contributed by atoms with Gasteiger partial charge in [-0.25, -0.2) is 4.39 Å². The molecule has 2 rings (SSSR count). The molecule has 1 N–H and O–H groups in total. The minimum Gasteiger partial charge on any atom is -0.388 e. The van der Waals surface area contributed by atoms with Crippen LogP contribution in [0.15, 0.2) is 24.3 Å². The first-order valence-corrected chi connectivity index (χ1v) is 7.94. The van der Waals surface area contributed by atoms with Gasteiger partial charge < -0.3 is 14.7 Å². The van der Waals surface area contributed by atoms with E-state index in [-0.39, 0.29) is 11.7 Å². The zero-order valence-electron chi connectivity index (χ0n) is 12.8. The van der Waals surface area contributed by atoms with E-state index in [0.29, 0.717) is 0 Å². The molecule has 0 spiro atoms. The number of nitrogens with zero attached hydrogens (tertiary/aromatic N) is 1. The van der Waals surface area contributed by atoms with Crippen LogP contribution in [-0.2, 0) is 4.74 Å². The molecule has 0 aliphatic carbocycles. The number of benzene rings is 1. The number of hydrogen-bond acceptors (Lipinski definition) is 3. The monoisotopic (exact) mass is 295 g/mol. The number of aliphatic hydroxyl groups is 1. The van der Waals surface area contributed by atoms with Crippen molar-refractivity contribution in [1.29, 1.82) is 0 Å². The molecule has 118 valence electrons. The topological polar surface area (TPSA) is 32.7 Å². The third-order valence-electron chi connectivity index (χ3n) is 4.26. The zero-order chi connectivity index (χ0) is 15.1. The Morgan fingerprint density at radius 1 is 1.29 bits per heavy atom. The molecule has 1 unspecified atom stereocenters. The van der Waals surface area contributed by atoms with Crippen molar-refractivity contribution in [3.8, 4) is 0 Å². The molecule has 0 aromatic heterocycles. The summed E-state index contributed by atoms with van der Waals surface area (Å²) in [5, 5.41) is 10.4. The number of likely N-dealkylation sites (tertiary alicyclic amines) is 1. The van der Waals surface area contributed by atoms with E-state index in [2.05, 4.69) is 4.90 Å². The summed E-state index contributed by atoms with van der Waals surface area (Å²) in [6.07, 6.45) is 2.58. The molecule has 1 fully saturated rings. The van der Waals surface area contributed by atoms with Crippen molar-refractivity contribution in [2.24, 2.45) is 5.92 Å². The predicted molar refractivity (Wildman–Crippen MR) is 81.6 cm³/mol. The van der Waals surface area contributed by atoms with Gasteiger partial charge in [0.15, 0.2) is 0 Å². The van der Waals surface area contributed by atoms with E-state index in [9.17, 15) is 9.50 Å². The Morgan fingerprint density at radius 2 is 1.95 bits per heavy atom. The maximum atomic E-state index is 12.9. The molecular formula is C17H26FNO2. The quantitative estimate of drug-likeness (QED) is 0.785. The van der Waals surface area contributed by atoms with Crippen LogP contribution in [0.3, 0.4) is 0 Å². The Balaban J connectivity index is 1.74. The lowest BCUT2D eigenvalue weighted by Crippen LogP contribution is -2.36. The number of rotatable bonds is 7. The summed E-state index contributed by atoms with van der Waals surface area (Å²) in [5.74, 6) is 0.0219. The van der Waals surface area contributed by atoms with E-state index < -0.39 is 6.10 Å². The van der Waals surface area contributed by atoms with E-state index in [1.807, 2.05) is 6.92 Å². The fourth-order valence-corrected chi connectivity index (χ4v) is 2.96. The van der Waals surface area contributed by atoms with Gasteiger partial charge in [0.1, 0.15) is 5.82 Å². The SMILES string of the molecule is CCOCCCN1CCC(C(O)c2ccc(F)cc2)CC1. The molecule has 1 aromatic rings. The largest absolute Gasteiger partial charge is 0.388 e. The Hall–Kier alpha value is -0.970. The molecule has 4 heteroatoms. The van der Waals surface area contributed by atoms with E-state index in [0.717, 1.165) is 57.7 Å². The van der Waals surface area contributed by atoms with Gasteiger partial charge in [0, 0.05) is 19.8 Å². The molecule has 0 bridgehead atoms. The summed E-state index contributed by atoms with van der Waals surface area (Å²) in [5.41, 5.74) is 0.825. The van der Waals surface area contributed by atoms with Crippen molar-refractivity contribution in [2.45, 2.75) is 32.3 Å². The standard InChI is InChI=1S/C17H26FNO2/c1-2-21-13-3-10-19-11-8-15(9-12-19)17(20)14-4-6-16(18)7-5-14/h4-7,15,17,20H,2-3,8-13H2,1H3. The summed E-state index contributed by atoms with van der Waals surface area (Å²) in [4.78, 5) is 2.44. The van der Waals surface area contributed by atoms with Gasteiger partial charge in [0.25, 0.3) is 0 Å². The molecule has 1 heterocycles. The molecule has 21 heavy (non-hydrogen) atoms. The first-order chi connectivity index (χ1) is 10.2. The normalized spacial score (nSPS) is 18.8. The third-order valence-corrected chi connectivity index (χ3v) is 4.26. The van der Waals surface area contributed by atoms with E-state index >= 15 is 0 Å². The lowest BCUT2D eigenvalue weighted by Gasteiger charge is -2.34.